The summed E-state index contributed by atoms with van der Waals surface area (Å²) in [5, 5.41) is 9.39. The second-order valence-corrected chi connectivity index (χ2v) is 4.42. The van der Waals surface area contributed by atoms with Gasteiger partial charge in [-0.15, -0.1) is 0 Å². The van der Waals surface area contributed by atoms with Gasteiger partial charge in [0.2, 0.25) is 0 Å². The number of ether oxygens (including phenoxy) is 3. The molecule has 106 valence electrons. The van der Waals surface area contributed by atoms with Crippen molar-refractivity contribution in [2.24, 2.45) is 0 Å². The molecule has 0 radical (unpaired) electrons. The molecule has 4 heteroatoms. The van der Waals surface area contributed by atoms with E-state index in [0.717, 1.165) is 11.1 Å². The van der Waals surface area contributed by atoms with Crippen LogP contribution in [0.4, 0.5) is 0 Å². The van der Waals surface area contributed by atoms with Crippen LogP contribution in [0.5, 0.6) is 23.0 Å². The Morgan fingerprint density at radius 2 is 1.50 bits per heavy atom. The zero-order chi connectivity index (χ0) is 14.5. The molecule has 0 atom stereocenters. The Labute approximate surface area is 118 Å². The number of rotatable bonds is 5. The Balaban J connectivity index is 2.34. The van der Waals surface area contributed by atoms with E-state index in [-0.39, 0.29) is 6.61 Å². The second kappa shape index (κ2) is 6.30. The van der Waals surface area contributed by atoms with Crippen molar-refractivity contribution >= 4 is 0 Å². The van der Waals surface area contributed by atoms with E-state index in [1.54, 1.807) is 32.4 Å². The van der Waals surface area contributed by atoms with E-state index in [2.05, 4.69) is 0 Å². The van der Waals surface area contributed by atoms with Crippen molar-refractivity contribution in [3.05, 3.63) is 47.5 Å². The van der Waals surface area contributed by atoms with Crippen molar-refractivity contribution in [3.63, 3.8) is 0 Å². The molecule has 2 rings (SSSR count). The predicted molar refractivity (Wildman–Crippen MR) is 76.7 cm³/mol. The maximum absolute atomic E-state index is 9.39. The highest BCUT2D eigenvalue weighted by atomic mass is 16.5. The Morgan fingerprint density at radius 1 is 0.900 bits per heavy atom. The van der Waals surface area contributed by atoms with Crippen LogP contribution in [-0.4, -0.2) is 19.3 Å². The lowest BCUT2D eigenvalue weighted by atomic mass is 10.1. The fourth-order valence-corrected chi connectivity index (χ4v) is 1.90. The van der Waals surface area contributed by atoms with E-state index >= 15 is 0 Å². The van der Waals surface area contributed by atoms with E-state index in [4.69, 9.17) is 14.2 Å². The molecule has 1 N–H and O–H groups in total. The van der Waals surface area contributed by atoms with Crippen molar-refractivity contribution in [2.45, 2.75) is 13.5 Å². The van der Waals surface area contributed by atoms with Gasteiger partial charge in [0.05, 0.1) is 20.8 Å². The molecule has 0 saturated heterocycles. The predicted octanol–water partition coefficient (Wildman–Crippen LogP) is 3.30. The fourth-order valence-electron chi connectivity index (χ4n) is 1.90. The maximum atomic E-state index is 9.39. The highest BCUT2D eigenvalue weighted by Gasteiger charge is 2.07. The van der Waals surface area contributed by atoms with Gasteiger partial charge in [0.1, 0.15) is 23.0 Å². The van der Waals surface area contributed by atoms with Crippen molar-refractivity contribution in [1.82, 2.24) is 0 Å². The van der Waals surface area contributed by atoms with E-state index in [1.165, 1.54) is 0 Å². The number of aliphatic hydroxyl groups excluding tert-OH is 1. The van der Waals surface area contributed by atoms with Gasteiger partial charge in [-0.2, -0.15) is 0 Å². The summed E-state index contributed by atoms with van der Waals surface area (Å²) in [6.07, 6.45) is 0. The summed E-state index contributed by atoms with van der Waals surface area (Å²) < 4.78 is 16.2. The molecule has 20 heavy (non-hydrogen) atoms. The van der Waals surface area contributed by atoms with Gasteiger partial charge in [-0.25, -0.2) is 0 Å². The maximum Gasteiger partial charge on any atom is 0.134 e. The topological polar surface area (TPSA) is 47.9 Å². The summed E-state index contributed by atoms with van der Waals surface area (Å²) in [5.74, 6) is 2.52. The zero-order valence-electron chi connectivity index (χ0n) is 11.8. The summed E-state index contributed by atoms with van der Waals surface area (Å²) in [6, 6.07) is 11.0. The molecule has 0 aliphatic heterocycles. The van der Waals surface area contributed by atoms with Crippen LogP contribution in [0.15, 0.2) is 36.4 Å². The van der Waals surface area contributed by atoms with Gasteiger partial charge in [0, 0.05) is 23.8 Å². The number of aryl methyl sites for hydroxylation is 1. The normalized spacial score (nSPS) is 10.2. The van der Waals surface area contributed by atoms with Crippen LogP contribution in [0, 0.1) is 6.92 Å². The quantitative estimate of drug-likeness (QED) is 0.908. The minimum atomic E-state index is -0.0713. The Bertz CT molecular complexity index is 571. The van der Waals surface area contributed by atoms with E-state index < -0.39 is 0 Å². The van der Waals surface area contributed by atoms with Crippen LogP contribution in [0.1, 0.15) is 11.1 Å². The molecule has 0 amide bonds. The number of aliphatic hydroxyl groups is 1. The van der Waals surface area contributed by atoms with Gasteiger partial charge >= 0.3 is 0 Å². The highest BCUT2D eigenvalue weighted by molar-refractivity contribution is 5.46. The largest absolute Gasteiger partial charge is 0.496 e. The highest BCUT2D eigenvalue weighted by Crippen LogP contribution is 2.32. The molecular weight excluding hydrogens is 256 g/mol. The van der Waals surface area contributed by atoms with Crippen molar-refractivity contribution in [1.29, 1.82) is 0 Å². The number of benzene rings is 2. The van der Waals surface area contributed by atoms with Crippen molar-refractivity contribution in [2.75, 3.05) is 14.2 Å². The van der Waals surface area contributed by atoms with Crippen LogP contribution in [0.3, 0.4) is 0 Å². The molecule has 0 aromatic heterocycles. The fraction of sp³-hybridized carbons (Fsp3) is 0.250. The molecular formula is C16H18O4. The summed E-state index contributed by atoms with van der Waals surface area (Å²) in [6.45, 7) is 1.90. The first-order chi connectivity index (χ1) is 9.66. The van der Waals surface area contributed by atoms with Gasteiger partial charge in [-0.05, 0) is 13.0 Å². The second-order valence-electron chi connectivity index (χ2n) is 4.42. The lowest BCUT2D eigenvalue weighted by Gasteiger charge is -2.12. The average molecular weight is 274 g/mol. The molecule has 4 nitrogen and oxygen atoms in total. The molecule has 2 aromatic rings. The molecule has 0 heterocycles. The molecule has 2 aromatic carbocycles. The number of hydrogen-bond acceptors (Lipinski definition) is 4. The standard InChI is InChI=1S/C16H18O4/c1-11-4-5-16(12(6-11)10-17)20-15-8-13(18-2)7-14(9-15)19-3/h4-9,17H,10H2,1-3H3. The summed E-state index contributed by atoms with van der Waals surface area (Å²) in [7, 11) is 3.17. The molecule has 0 aliphatic carbocycles. The summed E-state index contributed by atoms with van der Waals surface area (Å²) in [5.41, 5.74) is 1.82. The molecule has 0 aliphatic rings. The molecule has 0 saturated carbocycles. The van der Waals surface area contributed by atoms with Crippen molar-refractivity contribution < 1.29 is 19.3 Å². The third-order valence-corrected chi connectivity index (χ3v) is 2.94. The molecule has 0 bridgehead atoms. The first-order valence-corrected chi connectivity index (χ1v) is 6.27. The lowest BCUT2D eigenvalue weighted by molar-refractivity contribution is 0.276. The smallest absolute Gasteiger partial charge is 0.134 e. The molecule has 0 unspecified atom stereocenters. The van der Waals surface area contributed by atoms with Crippen LogP contribution in [-0.2, 0) is 6.61 Å². The van der Waals surface area contributed by atoms with Crippen LogP contribution >= 0.6 is 0 Å². The molecule has 0 spiro atoms. The average Bonchev–Trinajstić information content (AvgIpc) is 2.48. The minimum Gasteiger partial charge on any atom is -0.496 e. The first-order valence-electron chi connectivity index (χ1n) is 6.27. The van der Waals surface area contributed by atoms with Gasteiger partial charge in [-0.1, -0.05) is 17.7 Å². The third-order valence-electron chi connectivity index (χ3n) is 2.94. The molecule has 0 fully saturated rings. The number of hydrogen-bond donors (Lipinski definition) is 1. The summed E-state index contributed by atoms with van der Waals surface area (Å²) >= 11 is 0. The van der Waals surface area contributed by atoms with Crippen LogP contribution < -0.4 is 14.2 Å². The van der Waals surface area contributed by atoms with Crippen LogP contribution in [0.2, 0.25) is 0 Å². The van der Waals surface area contributed by atoms with Crippen molar-refractivity contribution in [3.8, 4) is 23.0 Å². The van der Waals surface area contributed by atoms with Gasteiger partial charge in [0.15, 0.2) is 0 Å². The Morgan fingerprint density at radius 3 is 2.05 bits per heavy atom. The van der Waals surface area contributed by atoms with E-state index in [0.29, 0.717) is 23.0 Å². The lowest BCUT2D eigenvalue weighted by Crippen LogP contribution is -1.94. The minimum absolute atomic E-state index is 0.0713. The van der Waals surface area contributed by atoms with Gasteiger partial charge < -0.3 is 19.3 Å². The monoisotopic (exact) mass is 274 g/mol. The van der Waals surface area contributed by atoms with E-state index in [1.807, 2.05) is 25.1 Å². The summed E-state index contributed by atoms with van der Waals surface area (Å²) in [4.78, 5) is 0. The van der Waals surface area contributed by atoms with Gasteiger partial charge in [0.25, 0.3) is 0 Å². The van der Waals surface area contributed by atoms with E-state index in [9.17, 15) is 5.11 Å². The zero-order valence-corrected chi connectivity index (χ0v) is 11.8. The third kappa shape index (κ3) is 3.22. The first kappa shape index (κ1) is 14.2. The Kier molecular flexibility index (Phi) is 4.48. The van der Waals surface area contributed by atoms with Crippen LogP contribution in [0.25, 0.3) is 0 Å². The Hall–Kier alpha value is -2.20. The van der Waals surface area contributed by atoms with Gasteiger partial charge in [-0.3, -0.25) is 0 Å². The SMILES string of the molecule is COc1cc(OC)cc(Oc2ccc(C)cc2CO)c1. The number of methoxy groups -OCH3 is 2.